The second-order valence-electron chi connectivity index (χ2n) is 8.25. The Kier molecular flexibility index (Phi) is 11.9. The van der Waals surface area contributed by atoms with E-state index in [9.17, 15) is 9.59 Å². The monoisotopic (exact) mass is 452 g/mol. The number of ether oxygens (including phenoxy) is 2. The number of rotatable bonds is 14. The molecule has 1 aromatic heterocycles. The maximum Gasteiger partial charge on any atom is 0.315 e. The molecule has 0 amide bonds. The zero-order valence-electron chi connectivity index (χ0n) is 20.1. The number of hydrogen-bond donors (Lipinski definition) is 0. The van der Waals surface area contributed by atoms with E-state index in [0.29, 0.717) is 11.6 Å². The van der Waals surface area contributed by atoms with Crippen molar-refractivity contribution in [2.45, 2.75) is 84.7 Å². The van der Waals surface area contributed by atoms with Gasteiger partial charge in [0, 0.05) is 12.5 Å². The lowest BCUT2D eigenvalue weighted by Gasteiger charge is -2.11. The van der Waals surface area contributed by atoms with Gasteiger partial charge in [-0.2, -0.15) is 0 Å². The summed E-state index contributed by atoms with van der Waals surface area (Å²) in [7, 11) is 0. The van der Waals surface area contributed by atoms with Crippen LogP contribution in [0.5, 0.6) is 5.75 Å². The van der Waals surface area contributed by atoms with E-state index < -0.39 is 0 Å². The molecule has 0 bridgehead atoms. The van der Waals surface area contributed by atoms with Crippen LogP contribution in [-0.4, -0.2) is 28.0 Å². The molecule has 0 saturated heterocycles. The van der Waals surface area contributed by atoms with E-state index in [-0.39, 0.29) is 24.5 Å². The maximum atomic E-state index is 11.9. The summed E-state index contributed by atoms with van der Waals surface area (Å²) < 4.78 is 10.4. The predicted molar refractivity (Wildman–Crippen MR) is 130 cm³/mol. The third-order valence-electron chi connectivity index (χ3n) is 5.19. The van der Waals surface area contributed by atoms with E-state index in [4.69, 9.17) is 9.47 Å². The second-order valence-corrected chi connectivity index (χ2v) is 8.25. The lowest BCUT2D eigenvalue weighted by Crippen LogP contribution is -2.11. The Balaban J connectivity index is 1.75. The van der Waals surface area contributed by atoms with Crippen molar-refractivity contribution in [2.24, 2.45) is 0 Å². The minimum absolute atomic E-state index is 0.0312. The van der Waals surface area contributed by atoms with Gasteiger partial charge < -0.3 is 9.47 Å². The van der Waals surface area contributed by atoms with Crippen molar-refractivity contribution in [2.75, 3.05) is 0 Å². The van der Waals surface area contributed by atoms with Crippen LogP contribution in [0.25, 0.3) is 11.4 Å². The van der Waals surface area contributed by atoms with E-state index in [1.807, 2.05) is 31.2 Å². The van der Waals surface area contributed by atoms with Gasteiger partial charge in [-0.25, -0.2) is 9.97 Å². The molecule has 0 saturated carbocycles. The molecule has 1 unspecified atom stereocenters. The van der Waals surface area contributed by atoms with E-state index in [1.54, 1.807) is 0 Å². The maximum absolute atomic E-state index is 11.9. The standard InChI is InChI=1S/C27H36N2O4/c1-4-5-6-7-8-9-14-26(31)33-25-19-28-27(29-20-25)24-17-15-23(16-18-24)13-11-10-12-21(2)32-22(3)30/h8-9,15-21H,4-7,10-14H2,1-3H3/b9-8-. The van der Waals surface area contributed by atoms with Gasteiger partial charge in [-0.05, 0) is 51.0 Å². The van der Waals surface area contributed by atoms with Gasteiger partial charge in [0.05, 0.1) is 24.9 Å². The van der Waals surface area contributed by atoms with Crippen LogP contribution in [0.4, 0.5) is 0 Å². The van der Waals surface area contributed by atoms with Crippen molar-refractivity contribution in [3.8, 4) is 17.1 Å². The van der Waals surface area contributed by atoms with Crippen molar-refractivity contribution in [1.29, 1.82) is 0 Å². The zero-order chi connectivity index (χ0) is 23.9. The van der Waals surface area contributed by atoms with Gasteiger partial charge in [0.2, 0.25) is 0 Å². The number of unbranched alkanes of at least 4 members (excludes halogenated alkanes) is 4. The number of hydrogen-bond acceptors (Lipinski definition) is 6. The normalized spacial score (nSPS) is 12.0. The Morgan fingerprint density at radius 3 is 2.39 bits per heavy atom. The molecule has 2 aromatic rings. The zero-order valence-corrected chi connectivity index (χ0v) is 20.1. The van der Waals surface area contributed by atoms with Gasteiger partial charge in [0.1, 0.15) is 0 Å². The quantitative estimate of drug-likeness (QED) is 0.192. The molecule has 6 nitrogen and oxygen atoms in total. The third-order valence-corrected chi connectivity index (χ3v) is 5.19. The molecule has 1 aromatic carbocycles. The predicted octanol–water partition coefficient (Wildman–Crippen LogP) is 6.24. The summed E-state index contributed by atoms with van der Waals surface area (Å²) in [4.78, 5) is 31.5. The fourth-order valence-corrected chi connectivity index (χ4v) is 3.42. The van der Waals surface area contributed by atoms with Crippen molar-refractivity contribution in [3.05, 3.63) is 54.4 Å². The highest BCUT2D eigenvalue weighted by Gasteiger charge is 2.07. The number of benzene rings is 1. The molecule has 0 N–H and O–H groups in total. The average Bonchev–Trinajstić information content (AvgIpc) is 2.79. The second kappa shape index (κ2) is 14.9. The summed E-state index contributed by atoms with van der Waals surface area (Å²) in [6.07, 6.45) is 15.6. The van der Waals surface area contributed by atoms with Crippen LogP contribution in [0.15, 0.2) is 48.8 Å². The molecule has 1 atom stereocenters. The van der Waals surface area contributed by atoms with Crippen LogP contribution < -0.4 is 4.74 Å². The summed E-state index contributed by atoms with van der Waals surface area (Å²) in [5, 5.41) is 0. The number of aryl methyl sites for hydroxylation is 1. The number of carbonyl (C=O) groups excluding carboxylic acids is 2. The first-order chi connectivity index (χ1) is 16.0. The van der Waals surface area contributed by atoms with Crippen LogP contribution >= 0.6 is 0 Å². The first-order valence-electron chi connectivity index (χ1n) is 11.9. The Labute approximate surface area is 197 Å². The van der Waals surface area contributed by atoms with Crippen LogP contribution in [0.3, 0.4) is 0 Å². The van der Waals surface area contributed by atoms with Gasteiger partial charge >= 0.3 is 11.9 Å². The minimum Gasteiger partial charge on any atom is -0.463 e. The SMILES string of the molecule is CCCCC/C=C\CC(=O)Oc1cnc(-c2ccc(CCCCC(C)OC(C)=O)cc2)nc1. The molecular formula is C27H36N2O4. The molecule has 2 rings (SSSR count). The fourth-order valence-electron chi connectivity index (χ4n) is 3.42. The van der Waals surface area contributed by atoms with Crippen LogP contribution in [0.1, 0.15) is 77.7 Å². The summed E-state index contributed by atoms with van der Waals surface area (Å²) in [5.74, 6) is 0.400. The number of carbonyl (C=O) groups is 2. The summed E-state index contributed by atoms with van der Waals surface area (Å²) in [5.41, 5.74) is 2.15. The van der Waals surface area contributed by atoms with Gasteiger partial charge in [-0.15, -0.1) is 0 Å². The average molecular weight is 453 g/mol. The molecule has 0 aliphatic heterocycles. The summed E-state index contributed by atoms with van der Waals surface area (Å²) in [6.45, 7) is 5.54. The molecular weight excluding hydrogens is 416 g/mol. The van der Waals surface area contributed by atoms with Crippen molar-refractivity contribution >= 4 is 11.9 Å². The Morgan fingerprint density at radius 2 is 1.73 bits per heavy atom. The van der Waals surface area contributed by atoms with Gasteiger partial charge in [0.15, 0.2) is 11.6 Å². The largest absolute Gasteiger partial charge is 0.463 e. The molecule has 0 spiro atoms. The highest BCUT2D eigenvalue weighted by Crippen LogP contribution is 2.19. The lowest BCUT2D eigenvalue weighted by atomic mass is 10.0. The lowest BCUT2D eigenvalue weighted by molar-refractivity contribution is -0.145. The van der Waals surface area contributed by atoms with Crippen LogP contribution in [0.2, 0.25) is 0 Å². The van der Waals surface area contributed by atoms with Crippen molar-refractivity contribution in [3.63, 3.8) is 0 Å². The number of aromatic nitrogens is 2. The first kappa shape index (κ1) is 26.2. The van der Waals surface area contributed by atoms with E-state index in [2.05, 4.69) is 29.0 Å². The molecule has 1 heterocycles. The smallest absolute Gasteiger partial charge is 0.315 e. The third kappa shape index (κ3) is 10.9. The number of nitrogens with zero attached hydrogens (tertiary/aromatic N) is 2. The molecule has 33 heavy (non-hydrogen) atoms. The number of allylic oxidation sites excluding steroid dienone is 1. The molecule has 0 aliphatic rings. The van der Waals surface area contributed by atoms with Crippen LogP contribution in [0, 0.1) is 0 Å². The molecule has 0 aliphatic carbocycles. The van der Waals surface area contributed by atoms with Gasteiger partial charge in [-0.1, -0.05) is 56.2 Å². The molecule has 0 radical (unpaired) electrons. The van der Waals surface area contributed by atoms with Crippen molar-refractivity contribution < 1.29 is 19.1 Å². The first-order valence-corrected chi connectivity index (χ1v) is 11.9. The highest BCUT2D eigenvalue weighted by atomic mass is 16.5. The highest BCUT2D eigenvalue weighted by molar-refractivity contribution is 5.73. The van der Waals surface area contributed by atoms with E-state index >= 15 is 0 Å². The summed E-state index contributed by atoms with van der Waals surface area (Å²) in [6, 6.07) is 8.16. The van der Waals surface area contributed by atoms with E-state index in [0.717, 1.165) is 44.1 Å². The molecule has 6 heteroatoms. The van der Waals surface area contributed by atoms with E-state index in [1.165, 1.54) is 37.7 Å². The Morgan fingerprint density at radius 1 is 1.00 bits per heavy atom. The molecule has 0 fully saturated rings. The number of esters is 2. The Hall–Kier alpha value is -3.02. The topological polar surface area (TPSA) is 78.4 Å². The fraction of sp³-hybridized carbons (Fsp3) is 0.481. The van der Waals surface area contributed by atoms with Gasteiger partial charge in [-0.3, -0.25) is 9.59 Å². The van der Waals surface area contributed by atoms with Gasteiger partial charge in [0.25, 0.3) is 0 Å². The Bertz CT molecular complexity index is 876. The summed E-state index contributed by atoms with van der Waals surface area (Å²) >= 11 is 0. The minimum atomic E-state index is -0.315. The van der Waals surface area contributed by atoms with Crippen LogP contribution in [-0.2, 0) is 20.7 Å². The molecule has 178 valence electrons. The van der Waals surface area contributed by atoms with Crippen molar-refractivity contribution in [1.82, 2.24) is 9.97 Å².